The summed E-state index contributed by atoms with van der Waals surface area (Å²) < 4.78 is 4.90. The van der Waals surface area contributed by atoms with Crippen LogP contribution in [0.2, 0.25) is 0 Å². The van der Waals surface area contributed by atoms with E-state index in [1.165, 1.54) is 6.07 Å². The van der Waals surface area contributed by atoms with Crippen LogP contribution in [0.1, 0.15) is 5.56 Å². The molecule has 0 saturated carbocycles. The van der Waals surface area contributed by atoms with Crippen LogP contribution in [0.5, 0.6) is 0 Å². The van der Waals surface area contributed by atoms with Gasteiger partial charge in [0.1, 0.15) is 5.69 Å². The Hall–Kier alpha value is -1.66. The topological polar surface area (TPSA) is 76.4 Å². The second-order valence-electron chi connectivity index (χ2n) is 3.95. The number of nitro groups is 1. The van der Waals surface area contributed by atoms with E-state index < -0.39 is 0 Å². The average molecular weight is 253 g/mol. The van der Waals surface area contributed by atoms with Crippen molar-refractivity contribution in [3.63, 3.8) is 0 Å². The van der Waals surface area contributed by atoms with E-state index in [4.69, 9.17) is 4.74 Å². The lowest BCUT2D eigenvalue weighted by molar-refractivity contribution is -0.384. The molecule has 0 unspecified atom stereocenters. The lowest BCUT2D eigenvalue weighted by Crippen LogP contribution is -2.25. The van der Waals surface area contributed by atoms with Crippen molar-refractivity contribution in [1.82, 2.24) is 5.32 Å². The van der Waals surface area contributed by atoms with Crippen LogP contribution < -0.4 is 10.6 Å². The van der Waals surface area contributed by atoms with Gasteiger partial charge in [0.05, 0.1) is 11.5 Å². The fraction of sp³-hybridized carbons (Fsp3) is 0.500. The minimum absolute atomic E-state index is 0.109. The maximum absolute atomic E-state index is 10.8. The molecule has 0 saturated heterocycles. The van der Waals surface area contributed by atoms with E-state index in [1.54, 1.807) is 19.2 Å². The van der Waals surface area contributed by atoms with Crippen LogP contribution in [0.25, 0.3) is 0 Å². The molecule has 0 fully saturated rings. The first-order valence-corrected chi connectivity index (χ1v) is 5.83. The highest BCUT2D eigenvalue weighted by molar-refractivity contribution is 5.62. The van der Waals surface area contributed by atoms with Crippen molar-refractivity contribution in [2.45, 2.75) is 6.92 Å². The summed E-state index contributed by atoms with van der Waals surface area (Å²) in [5.74, 6) is 0. The van der Waals surface area contributed by atoms with Gasteiger partial charge in [-0.05, 0) is 18.6 Å². The largest absolute Gasteiger partial charge is 0.383 e. The molecule has 1 aromatic rings. The Morgan fingerprint density at radius 3 is 2.78 bits per heavy atom. The summed E-state index contributed by atoms with van der Waals surface area (Å²) in [6.45, 7) is 4.70. The lowest BCUT2D eigenvalue weighted by atomic mass is 10.2. The predicted molar refractivity (Wildman–Crippen MR) is 71.1 cm³/mol. The Labute approximate surface area is 106 Å². The average Bonchev–Trinajstić information content (AvgIpc) is 2.33. The number of ether oxygens (including phenoxy) is 1. The van der Waals surface area contributed by atoms with Crippen LogP contribution >= 0.6 is 0 Å². The fourth-order valence-corrected chi connectivity index (χ4v) is 1.54. The molecule has 0 aliphatic carbocycles. The van der Waals surface area contributed by atoms with Crippen LogP contribution in [-0.2, 0) is 4.74 Å². The number of benzene rings is 1. The van der Waals surface area contributed by atoms with Crippen LogP contribution in [-0.4, -0.2) is 38.3 Å². The van der Waals surface area contributed by atoms with Gasteiger partial charge in [0.15, 0.2) is 0 Å². The normalized spacial score (nSPS) is 10.3. The van der Waals surface area contributed by atoms with Crippen LogP contribution in [0.15, 0.2) is 18.2 Å². The van der Waals surface area contributed by atoms with Crippen molar-refractivity contribution in [3.8, 4) is 0 Å². The zero-order chi connectivity index (χ0) is 13.4. The molecule has 2 N–H and O–H groups in total. The van der Waals surface area contributed by atoms with Gasteiger partial charge in [-0.3, -0.25) is 10.1 Å². The fourth-order valence-electron chi connectivity index (χ4n) is 1.54. The highest BCUT2D eigenvalue weighted by atomic mass is 16.6. The lowest BCUT2D eigenvalue weighted by Gasteiger charge is -2.08. The number of hydrogen-bond acceptors (Lipinski definition) is 5. The van der Waals surface area contributed by atoms with Crippen molar-refractivity contribution >= 4 is 11.4 Å². The van der Waals surface area contributed by atoms with Gasteiger partial charge in [-0.1, -0.05) is 6.07 Å². The smallest absolute Gasteiger partial charge is 0.292 e. The molecule has 6 nitrogen and oxygen atoms in total. The molecule has 0 aliphatic heterocycles. The van der Waals surface area contributed by atoms with E-state index in [-0.39, 0.29) is 10.6 Å². The summed E-state index contributed by atoms with van der Waals surface area (Å²) in [6.07, 6.45) is 0. The van der Waals surface area contributed by atoms with E-state index in [2.05, 4.69) is 10.6 Å². The molecule has 0 heterocycles. The van der Waals surface area contributed by atoms with Crippen LogP contribution in [0.3, 0.4) is 0 Å². The van der Waals surface area contributed by atoms with E-state index in [1.807, 2.05) is 6.92 Å². The highest BCUT2D eigenvalue weighted by Crippen LogP contribution is 2.24. The van der Waals surface area contributed by atoms with Crippen molar-refractivity contribution in [3.05, 3.63) is 33.9 Å². The summed E-state index contributed by atoms with van der Waals surface area (Å²) in [5, 5.41) is 17.1. The van der Waals surface area contributed by atoms with Gasteiger partial charge in [-0.15, -0.1) is 0 Å². The SMILES string of the molecule is COCCNCCNc1cc(C)ccc1[N+](=O)[O-]. The van der Waals surface area contributed by atoms with E-state index in [0.29, 0.717) is 18.8 Å². The number of rotatable bonds is 8. The highest BCUT2D eigenvalue weighted by Gasteiger charge is 2.12. The Kier molecular flexibility index (Phi) is 6.10. The molecule has 0 amide bonds. The molecule has 0 atom stereocenters. The minimum Gasteiger partial charge on any atom is -0.383 e. The Bertz CT molecular complexity index is 396. The molecular formula is C12H19N3O3. The van der Waals surface area contributed by atoms with Crippen molar-refractivity contribution in [2.24, 2.45) is 0 Å². The monoisotopic (exact) mass is 253 g/mol. The molecule has 6 heteroatoms. The third-order valence-corrected chi connectivity index (χ3v) is 2.45. The molecule has 0 bridgehead atoms. The summed E-state index contributed by atoms with van der Waals surface area (Å²) in [4.78, 5) is 10.5. The van der Waals surface area contributed by atoms with Crippen molar-refractivity contribution < 1.29 is 9.66 Å². The second kappa shape index (κ2) is 7.62. The van der Waals surface area contributed by atoms with Gasteiger partial charge in [0.25, 0.3) is 5.69 Å². The maximum Gasteiger partial charge on any atom is 0.292 e. The number of hydrogen-bond donors (Lipinski definition) is 2. The number of nitro benzene ring substituents is 1. The Morgan fingerprint density at radius 2 is 2.11 bits per heavy atom. The standard InChI is InChI=1S/C12H19N3O3/c1-10-3-4-12(15(16)17)11(9-10)14-6-5-13-7-8-18-2/h3-4,9,13-14H,5-8H2,1-2H3. The molecule has 0 spiro atoms. The van der Waals surface area contributed by atoms with Crippen molar-refractivity contribution in [1.29, 1.82) is 0 Å². The molecule has 18 heavy (non-hydrogen) atoms. The number of nitrogens with zero attached hydrogens (tertiary/aromatic N) is 1. The van der Waals surface area contributed by atoms with Gasteiger partial charge in [0.2, 0.25) is 0 Å². The first-order chi connectivity index (χ1) is 8.65. The first kappa shape index (κ1) is 14.4. The summed E-state index contributed by atoms with van der Waals surface area (Å²) in [6, 6.07) is 5.05. The van der Waals surface area contributed by atoms with Crippen LogP contribution in [0.4, 0.5) is 11.4 Å². The number of anilines is 1. The number of aryl methyl sites for hydroxylation is 1. The van der Waals surface area contributed by atoms with Gasteiger partial charge in [0, 0.05) is 32.8 Å². The zero-order valence-electron chi connectivity index (χ0n) is 10.7. The molecule has 100 valence electrons. The second-order valence-corrected chi connectivity index (χ2v) is 3.95. The Balaban J connectivity index is 2.45. The quantitative estimate of drug-likeness (QED) is 0.417. The van der Waals surface area contributed by atoms with E-state index >= 15 is 0 Å². The summed E-state index contributed by atoms with van der Waals surface area (Å²) in [5.41, 5.74) is 1.67. The maximum atomic E-state index is 10.8. The molecule has 1 rings (SSSR count). The molecule has 0 aromatic heterocycles. The molecule has 0 aliphatic rings. The summed E-state index contributed by atoms with van der Waals surface area (Å²) >= 11 is 0. The van der Waals surface area contributed by atoms with Gasteiger partial charge < -0.3 is 15.4 Å². The summed E-state index contributed by atoms with van der Waals surface area (Å²) in [7, 11) is 1.65. The van der Waals surface area contributed by atoms with E-state index in [0.717, 1.165) is 18.7 Å². The minimum atomic E-state index is -0.375. The van der Waals surface area contributed by atoms with E-state index in [9.17, 15) is 10.1 Å². The molecule has 0 radical (unpaired) electrons. The van der Waals surface area contributed by atoms with Gasteiger partial charge in [-0.2, -0.15) is 0 Å². The third-order valence-electron chi connectivity index (χ3n) is 2.45. The van der Waals surface area contributed by atoms with Crippen LogP contribution in [0, 0.1) is 17.0 Å². The Morgan fingerprint density at radius 1 is 1.33 bits per heavy atom. The van der Waals surface area contributed by atoms with Crippen molar-refractivity contribution in [2.75, 3.05) is 38.7 Å². The predicted octanol–water partition coefficient (Wildman–Crippen LogP) is 1.55. The zero-order valence-corrected chi connectivity index (χ0v) is 10.7. The van der Waals surface area contributed by atoms with Gasteiger partial charge in [-0.25, -0.2) is 0 Å². The first-order valence-electron chi connectivity index (χ1n) is 5.83. The number of nitrogens with one attached hydrogen (secondary N) is 2. The number of methoxy groups -OCH3 is 1. The van der Waals surface area contributed by atoms with Gasteiger partial charge >= 0.3 is 0 Å². The third kappa shape index (κ3) is 4.68. The molecule has 1 aromatic carbocycles. The molecular weight excluding hydrogens is 234 g/mol.